The fraction of sp³-hybridized carbons (Fsp3) is 0.800. The molecule has 1 aromatic heterocycles. The van der Waals surface area contributed by atoms with Gasteiger partial charge in [0.15, 0.2) is 0 Å². The molecule has 0 saturated heterocycles. The number of aromatic nitrogens is 2. The zero-order valence-electron chi connectivity index (χ0n) is 13.2. The third-order valence-electron chi connectivity index (χ3n) is 3.87. The number of likely N-dealkylation sites (N-methyl/N-ethyl adjacent to an activating group) is 1. The Balaban J connectivity index is 2.34. The van der Waals surface area contributed by atoms with Crippen LogP contribution in [0.2, 0.25) is 0 Å². The molecule has 1 aromatic rings. The molecule has 1 atom stereocenters. The Labute approximate surface area is 118 Å². The molecule has 0 aliphatic rings. The fourth-order valence-electron chi connectivity index (χ4n) is 2.11. The Bertz CT molecular complexity index is 359. The second kappa shape index (κ2) is 8.33. The van der Waals surface area contributed by atoms with Crippen molar-refractivity contribution in [2.75, 3.05) is 20.1 Å². The SMILES string of the molecule is CCc1cc(CNCCN(C)C(C)CC)n(CC)n1. The Morgan fingerprint density at radius 2 is 2.11 bits per heavy atom. The minimum absolute atomic E-state index is 0.662. The quantitative estimate of drug-likeness (QED) is 0.696. The van der Waals surface area contributed by atoms with Crippen molar-refractivity contribution in [3.63, 3.8) is 0 Å². The van der Waals surface area contributed by atoms with Crippen LogP contribution in [0.15, 0.2) is 6.07 Å². The number of nitrogens with one attached hydrogen (secondary N) is 1. The number of hydrogen-bond donors (Lipinski definition) is 1. The first-order valence-electron chi connectivity index (χ1n) is 7.58. The van der Waals surface area contributed by atoms with Gasteiger partial charge in [-0.05, 0) is 39.8 Å². The fourth-order valence-corrected chi connectivity index (χ4v) is 2.11. The van der Waals surface area contributed by atoms with Crippen LogP contribution in [0.4, 0.5) is 0 Å². The average molecular weight is 266 g/mol. The van der Waals surface area contributed by atoms with Gasteiger partial charge in [-0.2, -0.15) is 5.10 Å². The van der Waals surface area contributed by atoms with Gasteiger partial charge < -0.3 is 10.2 Å². The lowest BCUT2D eigenvalue weighted by Gasteiger charge is -2.23. The Hall–Kier alpha value is -0.870. The molecular weight excluding hydrogens is 236 g/mol. The van der Waals surface area contributed by atoms with Crippen LogP contribution < -0.4 is 5.32 Å². The normalized spacial score (nSPS) is 13.2. The third-order valence-corrected chi connectivity index (χ3v) is 3.87. The maximum Gasteiger partial charge on any atom is 0.0625 e. The van der Waals surface area contributed by atoms with Gasteiger partial charge in [0.05, 0.1) is 11.4 Å². The van der Waals surface area contributed by atoms with Gasteiger partial charge in [0, 0.05) is 32.2 Å². The van der Waals surface area contributed by atoms with E-state index in [0.29, 0.717) is 6.04 Å². The first kappa shape index (κ1) is 16.2. The summed E-state index contributed by atoms with van der Waals surface area (Å²) in [6.45, 7) is 12.8. The van der Waals surface area contributed by atoms with E-state index >= 15 is 0 Å². The predicted molar refractivity (Wildman–Crippen MR) is 81.4 cm³/mol. The summed E-state index contributed by atoms with van der Waals surface area (Å²) in [6.07, 6.45) is 2.22. The van der Waals surface area contributed by atoms with E-state index in [1.54, 1.807) is 0 Å². The Kier molecular flexibility index (Phi) is 7.10. The standard InChI is InChI=1S/C15H30N4/c1-6-13(4)18(5)10-9-16-12-15-11-14(7-2)17-19(15)8-3/h11,13,16H,6-10,12H2,1-5H3. The second-order valence-corrected chi connectivity index (χ2v) is 5.21. The molecule has 0 spiro atoms. The molecule has 0 fully saturated rings. The number of rotatable bonds is 9. The summed E-state index contributed by atoms with van der Waals surface area (Å²) in [5.41, 5.74) is 2.49. The highest BCUT2D eigenvalue weighted by Gasteiger charge is 2.07. The van der Waals surface area contributed by atoms with Crippen molar-refractivity contribution < 1.29 is 0 Å². The zero-order chi connectivity index (χ0) is 14.3. The van der Waals surface area contributed by atoms with Crippen molar-refractivity contribution in [3.05, 3.63) is 17.5 Å². The molecule has 0 amide bonds. The minimum atomic E-state index is 0.662. The largest absolute Gasteiger partial charge is 0.310 e. The van der Waals surface area contributed by atoms with Crippen molar-refractivity contribution in [1.82, 2.24) is 20.0 Å². The van der Waals surface area contributed by atoms with Gasteiger partial charge in [-0.25, -0.2) is 0 Å². The van der Waals surface area contributed by atoms with E-state index < -0.39 is 0 Å². The van der Waals surface area contributed by atoms with Crippen LogP contribution in [0, 0.1) is 0 Å². The predicted octanol–water partition coefficient (Wildman–Crippen LogP) is 2.29. The molecule has 1 rings (SSSR count). The molecule has 0 aliphatic carbocycles. The first-order chi connectivity index (χ1) is 9.12. The molecule has 4 nitrogen and oxygen atoms in total. The van der Waals surface area contributed by atoms with E-state index in [-0.39, 0.29) is 0 Å². The average Bonchev–Trinajstić information content (AvgIpc) is 2.84. The van der Waals surface area contributed by atoms with Gasteiger partial charge in [-0.15, -0.1) is 0 Å². The van der Waals surface area contributed by atoms with E-state index in [1.165, 1.54) is 17.8 Å². The Morgan fingerprint density at radius 3 is 2.68 bits per heavy atom. The van der Waals surface area contributed by atoms with Crippen LogP contribution in [0.5, 0.6) is 0 Å². The van der Waals surface area contributed by atoms with E-state index in [1.807, 2.05) is 0 Å². The molecule has 19 heavy (non-hydrogen) atoms. The molecule has 0 saturated carbocycles. The number of hydrogen-bond acceptors (Lipinski definition) is 3. The molecule has 0 bridgehead atoms. The van der Waals surface area contributed by atoms with Crippen LogP contribution in [0.1, 0.15) is 45.5 Å². The highest BCUT2D eigenvalue weighted by molar-refractivity contribution is 5.10. The van der Waals surface area contributed by atoms with Crippen molar-refractivity contribution in [2.24, 2.45) is 0 Å². The molecule has 0 aromatic carbocycles. The molecule has 4 heteroatoms. The van der Waals surface area contributed by atoms with Crippen LogP contribution in [0.3, 0.4) is 0 Å². The summed E-state index contributed by atoms with van der Waals surface area (Å²) in [7, 11) is 2.20. The van der Waals surface area contributed by atoms with Gasteiger partial charge in [0.2, 0.25) is 0 Å². The zero-order valence-corrected chi connectivity index (χ0v) is 13.2. The van der Waals surface area contributed by atoms with Gasteiger partial charge in [0.25, 0.3) is 0 Å². The summed E-state index contributed by atoms with van der Waals surface area (Å²) >= 11 is 0. The summed E-state index contributed by atoms with van der Waals surface area (Å²) < 4.78 is 2.10. The van der Waals surface area contributed by atoms with Crippen molar-refractivity contribution in [1.29, 1.82) is 0 Å². The maximum atomic E-state index is 4.57. The second-order valence-electron chi connectivity index (χ2n) is 5.21. The Morgan fingerprint density at radius 1 is 1.37 bits per heavy atom. The highest BCUT2D eigenvalue weighted by Crippen LogP contribution is 2.05. The molecule has 1 heterocycles. The summed E-state index contributed by atoms with van der Waals surface area (Å²) in [5.74, 6) is 0. The summed E-state index contributed by atoms with van der Waals surface area (Å²) in [5, 5.41) is 8.09. The lowest BCUT2D eigenvalue weighted by Crippen LogP contribution is -2.35. The van der Waals surface area contributed by atoms with Crippen LogP contribution in [-0.2, 0) is 19.5 Å². The van der Waals surface area contributed by atoms with Gasteiger partial charge in [-0.1, -0.05) is 13.8 Å². The van der Waals surface area contributed by atoms with Gasteiger partial charge in [0.1, 0.15) is 0 Å². The van der Waals surface area contributed by atoms with E-state index in [2.05, 4.69) is 60.8 Å². The lowest BCUT2D eigenvalue weighted by atomic mass is 10.2. The van der Waals surface area contributed by atoms with E-state index in [0.717, 1.165) is 32.6 Å². The number of aryl methyl sites for hydroxylation is 2. The van der Waals surface area contributed by atoms with Crippen molar-refractivity contribution in [3.8, 4) is 0 Å². The molecule has 1 unspecified atom stereocenters. The molecule has 1 N–H and O–H groups in total. The topological polar surface area (TPSA) is 33.1 Å². The van der Waals surface area contributed by atoms with E-state index in [9.17, 15) is 0 Å². The third kappa shape index (κ3) is 4.96. The minimum Gasteiger partial charge on any atom is -0.310 e. The summed E-state index contributed by atoms with van der Waals surface area (Å²) in [4.78, 5) is 2.40. The monoisotopic (exact) mass is 266 g/mol. The highest BCUT2D eigenvalue weighted by atomic mass is 15.3. The van der Waals surface area contributed by atoms with E-state index in [4.69, 9.17) is 0 Å². The molecular formula is C15H30N4. The van der Waals surface area contributed by atoms with Crippen LogP contribution in [0.25, 0.3) is 0 Å². The molecule has 0 aliphatic heterocycles. The van der Waals surface area contributed by atoms with Crippen molar-refractivity contribution in [2.45, 2.75) is 59.7 Å². The molecule has 0 radical (unpaired) electrons. The number of nitrogens with zero attached hydrogens (tertiary/aromatic N) is 3. The van der Waals surface area contributed by atoms with Crippen LogP contribution >= 0.6 is 0 Å². The lowest BCUT2D eigenvalue weighted by molar-refractivity contribution is 0.251. The van der Waals surface area contributed by atoms with Gasteiger partial charge >= 0.3 is 0 Å². The molecule has 110 valence electrons. The summed E-state index contributed by atoms with van der Waals surface area (Å²) in [6, 6.07) is 2.88. The first-order valence-corrected chi connectivity index (χ1v) is 7.58. The van der Waals surface area contributed by atoms with Crippen molar-refractivity contribution >= 4 is 0 Å². The maximum absolute atomic E-state index is 4.57. The smallest absolute Gasteiger partial charge is 0.0625 e. The van der Waals surface area contributed by atoms with Crippen LogP contribution in [-0.4, -0.2) is 40.9 Å². The van der Waals surface area contributed by atoms with Gasteiger partial charge in [-0.3, -0.25) is 4.68 Å².